The molecule has 0 N–H and O–H groups in total. The lowest BCUT2D eigenvalue weighted by Gasteiger charge is -2.42. The molecule has 0 bridgehead atoms. The van der Waals surface area contributed by atoms with Gasteiger partial charge in [-0.05, 0) is 36.5 Å². The average molecular weight is 271 g/mol. The molecule has 0 saturated heterocycles. The van der Waals surface area contributed by atoms with Crippen molar-refractivity contribution in [1.29, 1.82) is 0 Å². The third-order valence-corrected chi connectivity index (χ3v) is 4.96. The minimum atomic E-state index is 0.390. The predicted octanol–water partition coefficient (Wildman–Crippen LogP) is 4.63. The number of halogens is 1. The average Bonchev–Trinajstić information content (AvgIpc) is 2.14. The summed E-state index contributed by atoms with van der Waals surface area (Å²) >= 11 is 3.87. The van der Waals surface area contributed by atoms with Gasteiger partial charge in [-0.25, -0.2) is 0 Å². The van der Waals surface area contributed by atoms with Crippen molar-refractivity contribution >= 4 is 15.9 Å². The van der Waals surface area contributed by atoms with Crippen LogP contribution in [0.15, 0.2) is 0 Å². The van der Waals surface area contributed by atoms with Crippen LogP contribution < -0.4 is 0 Å². The zero-order valence-corrected chi connectivity index (χ0v) is 11.8. The first-order chi connectivity index (χ1) is 6.97. The summed E-state index contributed by atoms with van der Waals surface area (Å²) in [5.74, 6) is 4.45. The first kappa shape index (κ1) is 13.1. The van der Waals surface area contributed by atoms with E-state index >= 15 is 0 Å². The maximum atomic E-state index is 5.36. The molecule has 1 aliphatic carbocycles. The van der Waals surface area contributed by atoms with E-state index in [0.29, 0.717) is 10.2 Å². The lowest BCUT2D eigenvalue weighted by Crippen LogP contribution is -2.35. The third-order valence-electron chi connectivity index (χ3n) is 3.95. The molecule has 0 nitrogen and oxygen atoms in total. The minimum absolute atomic E-state index is 0.390. The van der Waals surface area contributed by atoms with Crippen LogP contribution in [0.4, 0.5) is 0 Å². The Balaban J connectivity index is 2.58. The highest BCUT2D eigenvalue weighted by atomic mass is 79.9. The molecular weight excluding hydrogens is 248 g/mol. The maximum absolute atomic E-state index is 5.36. The van der Waals surface area contributed by atoms with Crippen molar-refractivity contribution in [1.82, 2.24) is 0 Å². The molecule has 0 aliphatic heterocycles. The van der Waals surface area contributed by atoms with E-state index in [0.717, 1.165) is 24.7 Å². The van der Waals surface area contributed by atoms with Crippen molar-refractivity contribution in [3.8, 4) is 12.3 Å². The Bertz CT molecular complexity index is 236. The van der Waals surface area contributed by atoms with Crippen molar-refractivity contribution in [3.05, 3.63) is 0 Å². The summed E-state index contributed by atoms with van der Waals surface area (Å²) in [6.45, 7) is 7.11. The Morgan fingerprint density at radius 2 is 2.07 bits per heavy atom. The summed E-state index contributed by atoms with van der Waals surface area (Å²) in [6, 6.07) is 0. The Kier molecular flexibility index (Phi) is 4.71. The van der Waals surface area contributed by atoms with E-state index in [-0.39, 0.29) is 0 Å². The van der Waals surface area contributed by atoms with E-state index < -0.39 is 0 Å². The molecule has 1 rings (SSSR count). The molecule has 86 valence electrons. The molecule has 0 heterocycles. The molecule has 1 aliphatic rings. The number of hydrogen-bond donors (Lipinski definition) is 0. The first-order valence-corrected chi connectivity index (χ1v) is 6.96. The van der Waals surface area contributed by atoms with Gasteiger partial charge in [0.1, 0.15) is 0 Å². The van der Waals surface area contributed by atoms with Gasteiger partial charge in [-0.15, -0.1) is 12.3 Å². The number of rotatable bonds is 3. The second-order valence-corrected chi connectivity index (χ2v) is 6.91. The Labute approximate surface area is 103 Å². The van der Waals surface area contributed by atoms with Gasteiger partial charge < -0.3 is 0 Å². The molecule has 15 heavy (non-hydrogen) atoms. The Morgan fingerprint density at radius 1 is 1.40 bits per heavy atom. The molecule has 0 amide bonds. The zero-order valence-electron chi connectivity index (χ0n) is 10.2. The smallest absolute Gasteiger partial charge is 0.0181 e. The van der Waals surface area contributed by atoms with Crippen molar-refractivity contribution in [2.75, 3.05) is 0 Å². The van der Waals surface area contributed by atoms with Crippen LogP contribution in [0.3, 0.4) is 0 Å². The van der Waals surface area contributed by atoms with Crippen LogP contribution in [0.5, 0.6) is 0 Å². The maximum Gasteiger partial charge on any atom is 0.0181 e. The summed E-state index contributed by atoms with van der Waals surface area (Å²) in [5.41, 5.74) is 0.390. The summed E-state index contributed by atoms with van der Waals surface area (Å²) < 4.78 is 0. The molecular formula is C14H23Br. The summed E-state index contributed by atoms with van der Waals surface area (Å²) in [5, 5.41) is 0. The summed E-state index contributed by atoms with van der Waals surface area (Å²) in [6.07, 6.45) is 11.5. The van der Waals surface area contributed by atoms with Crippen LogP contribution >= 0.6 is 15.9 Å². The van der Waals surface area contributed by atoms with Crippen molar-refractivity contribution in [3.63, 3.8) is 0 Å². The fourth-order valence-corrected chi connectivity index (χ4v) is 4.39. The van der Waals surface area contributed by atoms with Crippen LogP contribution in [0.2, 0.25) is 0 Å². The van der Waals surface area contributed by atoms with Gasteiger partial charge in [0.2, 0.25) is 0 Å². The Hall–Kier alpha value is 0.0400. The molecule has 0 aromatic rings. The molecule has 0 radical (unpaired) electrons. The number of alkyl halides is 1. The van der Waals surface area contributed by atoms with E-state index in [1.54, 1.807) is 0 Å². The van der Waals surface area contributed by atoms with Gasteiger partial charge in [-0.3, -0.25) is 0 Å². The van der Waals surface area contributed by atoms with Gasteiger partial charge >= 0.3 is 0 Å². The second-order valence-electron chi connectivity index (χ2n) is 5.73. The van der Waals surface area contributed by atoms with Crippen LogP contribution in [0.25, 0.3) is 0 Å². The highest BCUT2D eigenvalue weighted by Gasteiger charge is 2.37. The zero-order chi connectivity index (χ0) is 11.5. The highest BCUT2D eigenvalue weighted by molar-refractivity contribution is 9.09. The fourth-order valence-electron chi connectivity index (χ4n) is 2.77. The highest BCUT2D eigenvalue weighted by Crippen LogP contribution is 2.45. The van der Waals surface area contributed by atoms with Crippen molar-refractivity contribution in [2.24, 2.45) is 17.3 Å². The van der Waals surface area contributed by atoms with E-state index in [2.05, 4.69) is 42.6 Å². The van der Waals surface area contributed by atoms with Crippen LogP contribution in [-0.4, -0.2) is 4.83 Å². The van der Waals surface area contributed by atoms with Gasteiger partial charge in [0, 0.05) is 11.2 Å². The van der Waals surface area contributed by atoms with Gasteiger partial charge in [0.05, 0.1) is 0 Å². The molecule has 0 aromatic carbocycles. The largest absolute Gasteiger partial charge is 0.120 e. The summed E-state index contributed by atoms with van der Waals surface area (Å²) in [4.78, 5) is 0.689. The molecule has 0 aromatic heterocycles. The standard InChI is InChI=1S/C14H23Br/c1-5-6-9-14(3,4)12-8-7-11(2)10-13(12)15/h1,11-13H,6-10H2,2-4H3. The lowest BCUT2D eigenvalue weighted by atomic mass is 9.67. The van der Waals surface area contributed by atoms with Crippen LogP contribution in [0.1, 0.15) is 52.9 Å². The predicted molar refractivity (Wildman–Crippen MR) is 71.1 cm³/mol. The monoisotopic (exact) mass is 270 g/mol. The van der Waals surface area contributed by atoms with Gasteiger partial charge in [-0.2, -0.15) is 0 Å². The van der Waals surface area contributed by atoms with Gasteiger partial charge in [0.15, 0.2) is 0 Å². The molecule has 1 fully saturated rings. The quantitative estimate of drug-likeness (QED) is 0.518. The van der Waals surface area contributed by atoms with E-state index in [4.69, 9.17) is 6.42 Å². The molecule has 3 unspecified atom stereocenters. The number of terminal acetylenes is 1. The first-order valence-electron chi connectivity index (χ1n) is 6.05. The fraction of sp³-hybridized carbons (Fsp3) is 0.857. The van der Waals surface area contributed by atoms with E-state index in [1.807, 2.05) is 0 Å². The van der Waals surface area contributed by atoms with Crippen molar-refractivity contribution < 1.29 is 0 Å². The second kappa shape index (κ2) is 5.39. The van der Waals surface area contributed by atoms with Crippen LogP contribution in [-0.2, 0) is 0 Å². The third kappa shape index (κ3) is 3.52. The van der Waals surface area contributed by atoms with Gasteiger partial charge in [0.25, 0.3) is 0 Å². The lowest BCUT2D eigenvalue weighted by molar-refractivity contribution is 0.138. The normalized spacial score (nSPS) is 32.3. The topological polar surface area (TPSA) is 0 Å². The van der Waals surface area contributed by atoms with E-state index in [9.17, 15) is 0 Å². The van der Waals surface area contributed by atoms with Crippen LogP contribution in [0, 0.1) is 29.6 Å². The van der Waals surface area contributed by atoms with E-state index in [1.165, 1.54) is 19.3 Å². The Morgan fingerprint density at radius 3 is 2.60 bits per heavy atom. The minimum Gasteiger partial charge on any atom is -0.120 e. The molecule has 0 spiro atoms. The SMILES string of the molecule is C#CCCC(C)(C)C1CCC(C)CC1Br. The number of hydrogen-bond acceptors (Lipinski definition) is 0. The molecule has 1 saturated carbocycles. The van der Waals surface area contributed by atoms with Gasteiger partial charge in [-0.1, -0.05) is 43.1 Å². The molecule has 3 atom stereocenters. The summed E-state index contributed by atoms with van der Waals surface area (Å²) in [7, 11) is 0. The van der Waals surface area contributed by atoms with Crippen molar-refractivity contribution in [2.45, 2.75) is 57.7 Å². The molecule has 1 heteroatoms.